The molecule has 2 radical (unpaired) electrons. The average molecular weight is 393 g/mol. The summed E-state index contributed by atoms with van der Waals surface area (Å²) in [4.78, 5) is 0. The fourth-order valence-electron chi connectivity index (χ4n) is 0.728. The second-order valence-electron chi connectivity index (χ2n) is 2.04. The van der Waals surface area contributed by atoms with Crippen LogP contribution in [0.2, 0.25) is 0 Å². The van der Waals surface area contributed by atoms with Gasteiger partial charge in [-0.15, -0.1) is 0 Å². The molecule has 0 aromatic heterocycles. The second kappa shape index (κ2) is 5.15. The number of halogens is 2. The van der Waals surface area contributed by atoms with Crippen LogP contribution in [0.25, 0.3) is 0 Å². The van der Waals surface area contributed by atoms with Crippen molar-refractivity contribution < 1.29 is 5.11 Å². The Bertz CT molecular complexity index is 254. The Morgan fingerprint density at radius 3 is 2.45 bits per heavy atom. The van der Waals surface area contributed by atoms with E-state index in [1.807, 2.05) is 12.1 Å². The number of rotatable bonds is 2. The van der Waals surface area contributed by atoms with Gasteiger partial charge in [0.15, 0.2) is 0 Å². The van der Waals surface area contributed by atoms with Gasteiger partial charge in [-0.2, -0.15) is 0 Å². The first kappa shape index (κ1) is 10.4. The SMILES string of the molecule is Oc1cc[c]([In][Cl])c[c]1[In][Cl]. The molecule has 0 saturated heterocycles. The van der Waals surface area contributed by atoms with E-state index in [0.717, 1.165) is 3.32 Å². The van der Waals surface area contributed by atoms with Crippen LogP contribution in [0.4, 0.5) is 0 Å². The Hall–Kier alpha value is 1.34. The Labute approximate surface area is 95.0 Å². The molecule has 0 aliphatic rings. The van der Waals surface area contributed by atoms with Gasteiger partial charge in [0, 0.05) is 0 Å². The fourth-order valence-corrected chi connectivity index (χ4v) is 6.88. The summed E-state index contributed by atoms with van der Waals surface area (Å²) in [5.41, 5.74) is 0. The van der Waals surface area contributed by atoms with Crippen molar-refractivity contribution >= 4 is 67.2 Å². The van der Waals surface area contributed by atoms with Crippen molar-refractivity contribution in [3.63, 3.8) is 0 Å². The third-order valence-electron chi connectivity index (χ3n) is 1.30. The normalized spacial score (nSPS) is 9.27. The van der Waals surface area contributed by atoms with Gasteiger partial charge in [-0.3, -0.25) is 0 Å². The molecular weight excluding hydrogens is 389 g/mol. The van der Waals surface area contributed by atoms with Crippen LogP contribution in [0.3, 0.4) is 0 Å². The van der Waals surface area contributed by atoms with Crippen molar-refractivity contribution in [1.29, 1.82) is 0 Å². The van der Waals surface area contributed by atoms with E-state index < -0.39 is 43.4 Å². The first-order chi connectivity index (χ1) is 5.27. The van der Waals surface area contributed by atoms with Crippen molar-refractivity contribution in [2.75, 3.05) is 0 Å². The third kappa shape index (κ3) is 2.94. The van der Waals surface area contributed by atoms with E-state index in [-0.39, 0.29) is 0 Å². The van der Waals surface area contributed by atoms with Gasteiger partial charge in [0.25, 0.3) is 0 Å². The van der Waals surface area contributed by atoms with E-state index in [1.54, 1.807) is 6.07 Å². The molecule has 0 spiro atoms. The number of benzene rings is 1. The summed E-state index contributed by atoms with van der Waals surface area (Å²) in [6.07, 6.45) is 0. The zero-order chi connectivity index (χ0) is 8.27. The van der Waals surface area contributed by atoms with Crippen molar-refractivity contribution in [3.05, 3.63) is 18.2 Å². The van der Waals surface area contributed by atoms with E-state index in [4.69, 9.17) is 17.2 Å². The molecule has 5 heteroatoms. The first-order valence-corrected chi connectivity index (χ1v) is 14.6. The molecule has 0 bridgehead atoms. The molecule has 0 unspecified atom stereocenters. The Morgan fingerprint density at radius 2 is 1.91 bits per heavy atom. The quantitative estimate of drug-likeness (QED) is 0.771. The fraction of sp³-hybridized carbons (Fsp3) is 0. The molecule has 0 saturated carbocycles. The standard InChI is InChI=1S/C6H4O.2ClH.2In/c7-6-4-2-1-3-5-6;;;;/h2-4,7H;2*1H;;/q;;;2*+1/p-2. The van der Waals surface area contributed by atoms with Crippen LogP contribution >= 0.6 is 17.2 Å². The Morgan fingerprint density at radius 1 is 1.18 bits per heavy atom. The predicted octanol–water partition coefficient (Wildman–Crippen LogP) is 0.359. The minimum absolute atomic E-state index is 0.345. The van der Waals surface area contributed by atoms with Crippen LogP contribution in [-0.4, -0.2) is 48.6 Å². The van der Waals surface area contributed by atoms with Crippen molar-refractivity contribution in [2.45, 2.75) is 0 Å². The minimum atomic E-state index is -1.19. The van der Waals surface area contributed by atoms with E-state index in [1.165, 1.54) is 3.32 Å². The monoisotopic (exact) mass is 392 g/mol. The van der Waals surface area contributed by atoms with Gasteiger partial charge >= 0.3 is 96.3 Å². The predicted molar refractivity (Wildman–Crippen MR) is 50.6 cm³/mol. The maximum absolute atomic E-state index is 9.27. The first-order valence-electron chi connectivity index (χ1n) is 2.98. The summed E-state index contributed by atoms with van der Waals surface area (Å²) in [6.45, 7) is 0. The molecule has 0 aliphatic carbocycles. The summed E-state index contributed by atoms with van der Waals surface area (Å²) in [5, 5.41) is 9.27. The van der Waals surface area contributed by atoms with Crippen molar-refractivity contribution in [1.82, 2.24) is 0 Å². The zero-order valence-electron chi connectivity index (χ0n) is 5.59. The number of hydrogen-bond donors (Lipinski definition) is 1. The second-order valence-corrected chi connectivity index (χ2v) is 9.89. The van der Waals surface area contributed by atoms with Gasteiger partial charge in [-0.05, 0) is 0 Å². The summed E-state index contributed by atoms with van der Waals surface area (Å²) >= 11 is -2.21. The van der Waals surface area contributed by atoms with Gasteiger partial charge in [0.05, 0.1) is 0 Å². The molecule has 1 rings (SSSR count). The van der Waals surface area contributed by atoms with Gasteiger partial charge in [-0.25, -0.2) is 0 Å². The van der Waals surface area contributed by atoms with E-state index in [2.05, 4.69) is 0 Å². The number of hydrogen-bond acceptors (Lipinski definition) is 1. The van der Waals surface area contributed by atoms with Crippen LogP contribution in [0.1, 0.15) is 0 Å². The molecule has 11 heavy (non-hydrogen) atoms. The summed E-state index contributed by atoms with van der Waals surface area (Å²) in [6, 6.07) is 5.56. The molecule has 0 aliphatic heterocycles. The van der Waals surface area contributed by atoms with E-state index >= 15 is 0 Å². The number of aromatic hydroxyl groups is 1. The van der Waals surface area contributed by atoms with Crippen molar-refractivity contribution in [2.24, 2.45) is 0 Å². The van der Waals surface area contributed by atoms with Gasteiger partial charge in [0.2, 0.25) is 0 Å². The Kier molecular flexibility index (Phi) is 4.88. The molecule has 1 N–H and O–H groups in total. The van der Waals surface area contributed by atoms with E-state index in [0.29, 0.717) is 5.75 Å². The summed E-state index contributed by atoms with van der Waals surface area (Å²) < 4.78 is 2.17. The average Bonchev–Trinajstić information content (AvgIpc) is 2.05. The molecule has 1 aromatic carbocycles. The van der Waals surface area contributed by atoms with Crippen LogP contribution in [-0.2, 0) is 0 Å². The maximum atomic E-state index is 9.27. The molecule has 0 atom stereocenters. The van der Waals surface area contributed by atoms with Gasteiger partial charge < -0.3 is 0 Å². The molecule has 1 nitrogen and oxygen atoms in total. The van der Waals surface area contributed by atoms with Gasteiger partial charge in [-0.1, -0.05) is 0 Å². The van der Waals surface area contributed by atoms with Crippen LogP contribution in [0, 0.1) is 0 Å². The number of phenols is 1. The van der Waals surface area contributed by atoms with Crippen LogP contribution in [0.15, 0.2) is 18.2 Å². The molecule has 0 fully saturated rings. The topological polar surface area (TPSA) is 20.2 Å². The molecular formula is C6H4Cl2In2O. The van der Waals surface area contributed by atoms with E-state index in [9.17, 15) is 5.11 Å². The van der Waals surface area contributed by atoms with Gasteiger partial charge in [0.1, 0.15) is 0 Å². The zero-order valence-corrected chi connectivity index (χ0v) is 13.7. The molecule has 0 amide bonds. The summed E-state index contributed by atoms with van der Waals surface area (Å²) in [7, 11) is 11.6. The van der Waals surface area contributed by atoms with Crippen molar-refractivity contribution in [3.8, 4) is 5.75 Å². The molecule has 54 valence electrons. The molecule has 0 heterocycles. The molecule has 1 aromatic rings. The Balaban J connectivity index is 3.02. The third-order valence-corrected chi connectivity index (χ3v) is 8.30. The summed E-state index contributed by atoms with van der Waals surface area (Å²) in [5.74, 6) is 0.345. The number of phenolic OH excluding ortho intramolecular Hbond substituents is 1. The van der Waals surface area contributed by atoms with Crippen LogP contribution in [0.5, 0.6) is 5.75 Å². The van der Waals surface area contributed by atoms with Crippen LogP contribution < -0.4 is 6.64 Å².